The maximum atomic E-state index is 4.67. The molecule has 21 heavy (non-hydrogen) atoms. The van der Waals surface area contributed by atoms with Crippen LogP contribution in [0, 0.1) is 6.92 Å². The van der Waals surface area contributed by atoms with Gasteiger partial charge in [0.05, 0.1) is 6.54 Å². The van der Waals surface area contributed by atoms with Gasteiger partial charge in [-0.2, -0.15) is 0 Å². The molecule has 5 nitrogen and oxygen atoms in total. The van der Waals surface area contributed by atoms with E-state index in [1.165, 1.54) is 12.8 Å². The summed E-state index contributed by atoms with van der Waals surface area (Å²) in [5.41, 5.74) is 1.04. The van der Waals surface area contributed by atoms with Crippen molar-refractivity contribution in [2.75, 3.05) is 39.0 Å². The fraction of sp³-hybridized carbons (Fsp3) is 0.750. The van der Waals surface area contributed by atoms with Gasteiger partial charge in [-0.1, -0.05) is 6.92 Å². The van der Waals surface area contributed by atoms with Gasteiger partial charge in [0.2, 0.25) is 0 Å². The third kappa shape index (κ3) is 4.93. The Morgan fingerprint density at radius 2 is 2.19 bits per heavy atom. The van der Waals surface area contributed by atoms with Gasteiger partial charge < -0.3 is 10.2 Å². The molecule has 0 saturated carbocycles. The van der Waals surface area contributed by atoms with Crippen LogP contribution >= 0.6 is 0 Å². The Bertz CT molecular complexity index is 446. The van der Waals surface area contributed by atoms with Gasteiger partial charge in [0.25, 0.3) is 0 Å². The zero-order valence-corrected chi connectivity index (χ0v) is 13.9. The summed E-state index contributed by atoms with van der Waals surface area (Å²) in [6.07, 6.45) is 3.67. The second kappa shape index (κ2) is 7.71. The molecule has 1 aliphatic rings. The van der Waals surface area contributed by atoms with Crippen LogP contribution in [0.25, 0.3) is 0 Å². The summed E-state index contributed by atoms with van der Waals surface area (Å²) in [5, 5.41) is 3.37. The average Bonchev–Trinajstić information content (AvgIpc) is 2.82. The largest absolute Gasteiger partial charge is 0.370 e. The molecule has 118 valence electrons. The SMILES string of the molecule is CCCNc1cc(C)nc(CN2CCCC2CN(C)C)n1. The van der Waals surface area contributed by atoms with Crippen LogP contribution in [-0.4, -0.2) is 59.5 Å². The Kier molecular flexibility index (Phi) is 5.94. The summed E-state index contributed by atoms with van der Waals surface area (Å²) >= 11 is 0. The number of anilines is 1. The van der Waals surface area contributed by atoms with Crippen LogP contribution < -0.4 is 5.32 Å². The van der Waals surface area contributed by atoms with E-state index in [9.17, 15) is 0 Å². The first-order chi connectivity index (χ1) is 10.1. The molecule has 1 aliphatic heterocycles. The van der Waals surface area contributed by atoms with Gasteiger partial charge in [0.15, 0.2) is 0 Å². The molecule has 5 heteroatoms. The van der Waals surface area contributed by atoms with Crippen molar-refractivity contribution in [3.63, 3.8) is 0 Å². The molecule has 0 aliphatic carbocycles. The molecule has 1 unspecified atom stereocenters. The lowest BCUT2D eigenvalue weighted by atomic mass is 10.2. The summed E-state index contributed by atoms with van der Waals surface area (Å²) in [5.74, 6) is 1.90. The van der Waals surface area contributed by atoms with Crippen LogP contribution in [0.4, 0.5) is 5.82 Å². The van der Waals surface area contributed by atoms with Crippen molar-refractivity contribution >= 4 is 5.82 Å². The molecular formula is C16H29N5. The van der Waals surface area contributed by atoms with Crippen molar-refractivity contribution in [1.29, 1.82) is 0 Å². The van der Waals surface area contributed by atoms with Crippen molar-refractivity contribution < 1.29 is 0 Å². The van der Waals surface area contributed by atoms with Gasteiger partial charge in [-0.05, 0) is 46.8 Å². The third-order valence-electron chi connectivity index (χ3n) is 3.88. The van der Waals surface area contributed by atoms with Crippen molar-refractivity contribution in [2.24, 2.45) is 0 Å². The van der Waals surface area contributed by atoms with Crippen molar-refractivity contribution in [3.8, 4) is 0 Å². The predicted molar refractivity (Wildman–Crippen MR) is 87.5 cm³/mol. The number of likely N-dealkylation sites (N-methyl/N-ethyl adjacent to an activating group) is 1. The minimum atomic E-state index is 0.635. The van der Waals surface area contributed by atoms with E-state index in [-0.39, 0.29) is 0 Å². The summed E-state index contributed by atoms with van der Waals surface area (Å²) in [6.45, 7) is 8.31. The van der Waals surface area contributed by atoms with E-state index in [4.69, 9.17) is 0 Å². The van der Waals surface area contributed by atoms with Crippen molar-refractivity contribution in [3.05, 3.63) is 17.6 Å². The normalized spacial score (nSPS) is 19.4. The lowest BCUT2D eigenvalue weighted by Crippen LogP contribution is -2.37. The van der Waals surface area contributed by atoms with Crippen LogP contribution in [0.1, 0.15) is 37.7 Å². The molecule has 1 atom stereocenters. The minimum absolute atomic E-state index is 0.635. The number of rotatable bonds is 7. The van der Waals surface area contributed by atoms with Crippen LogP contribution in [0.5, 0.6) is 0 Å². The number of hydrogen-bond acceptors (Lipinski definition) is 5. The molecular weight excluding hydrogens is 262 g/mol. The Morgan fingerprint density at radius 1 is 1.38 bits per heavy atom. The molecule has 1 aromatic rings. The summed E-state index contributed by atoms with van der Waals surface area (Å²) in [6, 6.07) is 2.66. The molecule has 1 saturated heterocycles. The van der Waals surface area contributed by atoms with Gasteiger partial charge in [-0.3, -0.25) is 4.90 Å². The molecule has 1 fully saturated rings. The number of aromatic nitrogens is 2. The van der Waals surface area contributed by atoms with Gasteiger partial charge in [-0.15, -0.1) is 0 Å². The lowest BCUT2D eigenvalue weighted by Gasteiger charge is -2.26. The molecule has 2 heterocycles. The molecule has 0 spiro atoms. The maximum Gasteiger partial charge on any atom is 0.144 e. The molecule has 0 bridgehead atoms. The highest BCUT2D eigenvalue weighted by Crippen LogP contribution is 2.20. The van der Waals surface area contributed by atoms with Gasteiger partial charge in [0, 0.05) is 30.9 Å². The highest BCUT2D eigenvalue weighted by Gasteiger charge is 2.25. The highest BCUT2D eigenvalue weighted by molar-refractivity contribution is 5.35. The van der Waals surface area contributed by atoms with Gasteiger partial charge >= 0.3 is 0 Å². The number of aryl methyl sites for hydroxylation is 1. The van der Waals surface area contributed by atoms with Crippen LogP contribution in [0.3, 0.4) is 0 Å². The fourth-order valence-electron chi connectivity index (χ4n) is 2.96. The van der Waals surface area contributed by atoms with E-state index < -0.39 is 0 Å². The quantitative estimate of drug-likeness (QED) is 0.834. The molecule has 0 aromatic carbocycles. The Hall–Kier alpha value is -1.20. The Labute approximate surface area is 128 Å². The number of nitrogens with one attached hydrogen (secondary N) is 1. The summed E-state index contributed by atoms with van der Waals surface area (Å²) < 4.78 is 0. The van der Waals surface area contributed by atoms with Gasteiger partial charge in [-0.25, -0.2) is 9.97 Å². The molecule has 0 radical (unpaired) electrons. The van der Waals surface area contributed by atoms with E-state index in [1.807, 2.05) is 13.0 Å². The first-order valence-corrected chi connectivity index (χ1v) is 8.05. The number of likely N-dealkylation sites (tertiary alicyclic amines) is 1. The average molecular weight is 291 g/mol. The smallest absolute Gasteiger partial charge is 0.144 e. The van der Waals surface area contributed by atoms with E-state index >= 15 is 0 Å². The second-order valence-electron chi connectivity index (χ2n) is 6.27. The Balaban J connectivity index is 2.02. The minimum Gasteiger partial charge on any atom is -0.370 e. The number of hydrogen-bond donors (Lipinski definition) is 1. The standard InChI is InChI=1S/C16H29N5/c1-5-8-17-15-10-13(2)18-16(19-15)12-21-9-6-7-14(21)11-20(3)4/h10,14H,5-9,11-12H2,1-4H3,(H,17,18,19). The second-order valence-corrected chi connectivity index (χ2v) is 6.27. The highest BCUT2D eigenvalue weighted by atomic mass is 15.2. The first kappa shape index (κ1) is 16.2. The molecule has 1 aromatic heterocycles. The maximum absolute atomic E-state index is 4.67. The van der Waals surface area contributed by atoms with Gasteiger partial charge in [0.1, 0.15) is 11.6 Å². The third-order valence-corrected chi connectivity index (χ3v) is 3.88. The fourth-order valence-corrected chi connectivity index (χ4v) is 2.96. The summed E-state index contributed by atoms with van der Waals surface area (Å²) in [7, 11) is 4.29. The van der Waals surface area contributed by atoms with Crippen molar-refractivity contribution in [1.82, 2.24) is 19.8 Å². The van der Waals surface area contributed by atoms with Crippen molar-refractivity contribution in [2.45, 2.75) is 45.7 Å². The van der Waals surface area contributed by atoms with Crippen LogP contribution in [-0.2, 0) is 6.54 Å². The first-order valence-electron chi connectivity index (χ1n) is 8.05. The van der Waals surface area contributed by atoms with E-state index in [2.05, 4.69) is 46.1 Å². The predicted octanol–water partition coefficient (Wildman–Crippen LogP) is 2.13. The zero-order valence-electron chi connectivity index (χ0n) is 13.9. The van der Waals surface area contributed by atoms with E-state index in [0.29, 0.717) is 6.04 Å². The summed E-state index contributed by atoms with van der Waals surface area (Å²) in [4.78, 5) is 14.1. The number of nitrogens with zero attached hydrogens (tertiary/aromatic N) is 4. The van der Waals surface area contributed by atoms with E-state index in [0.717, 1.165) is 49.9 Å². The topological polar surface area (TPSA) is 44.3 Å². The molecule has 2 rings (SSSR count). The van der Waals surface area contributed by atoms with E-state index in [1.54, 1.807) is 0 Å². The Morgan fingerprint density at radius 3 is 2.90 bits per heavy atom. The lowest BCUT2D eigenvalue weighted by molar-refractivity contribution is 0.197. The monoisotopic (exact) mass is 291 g/mol. The van der Waals surface area contributed by atoms with Crippen LogP contribution in [0.2, 0.25) is 0 Å². The molecule has 0 amide bonds. The zero-order chi connectivity index (χ0) is 15.2. The molecule has 1 N–H and O–H groups in total. The van der Waals surface area contributed by atoms with Crippen LogP contribution in [0.15, 0.2) is 6.07 Å².